The summed E-state index contributed by atoms with van der Waals surface area (Å²) in [4.78, 5) is 25.2. The molecule has 2 atom stereocenters. The average molecular weight is 344 g/mol. The maximum atomic E-state index is 12.0. The second kappa shape index (κ2) is 7.51. The van der Waals surface area contributed by atoms with Gasteiger partial charge in [0.05, 0.1) is 12.9 Å². The number of methoxy groups -OCH3 is 1. The van der Waals surface area contributed by atoms with E-state index in [0.717, 1.165) is 0 Å². The van der Waals surface area contributed by atoms with Crippen molar-refractivity contribution >= 4 is 43.4 Å². The number of hydrogen-bond donors (Lipinski definition) is 0. The van der Waals surface area contributed by atoms with Crippen LogP contribution in [0.3, 0.4) is 0 Å². The fraction of sp³-hybridized carbons (Fsp3) is 0.818. The molecule has 0 bridgehead atoms. The third-order valence-electron chi connectivity index (χ3n) is 3.12. The molecule has 0 radical (unpaired) electrons. The first-order chi connectivity index (χ1) is 9.28. The maximum Gasteiger partial charge on any atom is 0.328 e. The number of likely N-dealkylation sites (tertiary alicyclic amines) is 1. The molecule has 1 heterocycles. The summed E-state index contributed by atoms with van der Waals surface area (Å²) in [5.74, 6) is -0.616. The van der Waals surface area contributed by atoms with Crippen LogP contribution in [-0.2, 0) is 23.4 Å². The Bertz CT molecular complexity index is 467. The highest BCUT2D eigenvalue weighted by Crippen LogP contribution is 2.25. The molecule has 1 amide bonds. The first-order valence-electron chi connectivity index (χ1n) is 6.07. The Morgan fingerprint density at radius 2 is 2.25 bits per heavy atom. The highest BCUT2D eigenvalue weighted by atomic mass is 35.7. The number of ether oxygens (including phenoxy) is 1. The fourth-order valence-electron chi connectivity index (χ4n) is 2.27. The van der Waals surface area contributed by atoms with E-state index in [9.17, 15) is 18.0 Å². The Kier molecular flexibility index (Phi) is 6.60. The summed E-state index contributed by atoms with van der Waals surface area (Å²) in [7, 11) is 2.83. The van der Waals surface area contributed by atoms with Crippen molar-refractivity contribution in [3.05, 3.63) is 0 Å². The zero-order valence-corrected chi connectivity index (χ0v) is 13.8. The van der Waals surface area contributed by atoms with Gasteiger partial charge in [0.1, 0.15) is 6.04 Å². The SMILES string of the molecule is COC(=O)C(CCSC)N1CC(CS(=O)(=O)Cl)CC1=O. The smallest absolute Gasteiger partial charge is 0.328 e. The molecule has 0 aromatic rings. The van der Waals surface area contributed by atoms with Crippen molar-refractivity contribution in [1.82, 2.24) is 4.90 Å². The molecule has 6 nitrogen and oxygen atoms in total. The molecule has 2 unspecified atom stereocenters. The van der Waals surface area contributed by atoms with Gasteiger partial charge >= 0.3 is 5.97 Å². The molecule has 0 N–H and O–H groups in total. The van der Waals surface area contributed by atoms with Gasteiger partial charge in [0, 0.05) is 29.6 Å². The second-order valence-electron chi connectivity index (χ2n) is 4.64. The van der Waals surface area contributed by atoms with Crippen LogP contribution in [-0.4, -0.2) is 62.7 Å². The van der Waals surface area contributed by atoms with E-state index >= 15 is 0 Å². The van der Waals surface area contributed by atoms with Gasteiger partial charge < -0.3 is 9.64 Å². The van der Waals surface area contributed by atoms with Crippen LogP contribution in [0.15, 0.2) is 0 Å². The monoisotopic (exact) mass is 343 g/mol. The minimum Gasteiger partial charge on any atom is -0.467 e. The Labute approximate surface area is 127 Å². The van der Waals surface area contributed by atoms with Crippen LogP contribution < -0.4 is 0 Å². The molecule has 0 saturated carbocycles. The predicted molar refractivity (Wildman–Crippen MR) is 78.3 cm³/mol. The van der Waals surface area contributed by atoms with Crippen LogP contribution in [0.25, 0.3) is 0 Å². The van der Waals surface area contributed by atoms with E-state index in [-0.39, 0.29) is 30.5 Å². The summed E-state index contributed by atoms with van der Waals surface area (Å²) >= 11 is 1.57. The quantitative estimate of drug-likeness (QED) is 0.500. The Morgan fingerprint density at radius 3 is 2.75 bits per heavy atom. The third-order valence-corrected chi connectivity index (χ3v) is 5.01. The summed E-state index contributed by atoms with van der Waals surface area (Å²) in [5, 5.41) is 0. The molecule has 0 aromatic carbocycles. The lowest BCUT2D eigenvalue weighted by Crippen LogP contribution is -2.43. The lowest BCUT2D eigenvalue weighted by Gasteiger charge is -2.25. The largest absolute Gasteiger partial charge is 0.467 e. The number of hydrogen-bond acceptors (Lipinski definition) is 6. The summed E-state index contributed by atoms with van der Waals surface area (Å²) in [6, 6.07) is -0.650. The second-order valence-corrected chi connectivity index (χ2v) is 8.45. The van der Waals surface area contributed by atoms with Gasteiger partial charge in [0.15, 0.2) is 0 Å². The number of rotatable bonds is 7. The predicted octanol–water partition coefficient (Wildman–Crippen LogP) is 0.698. The van der Waals surface area contributed by atoms with Crippen molar-refractivity contribution in [2.24, 2.45) is 5.92 Å². The maximum absolute atomic E-state index is 12.0. The molecule has 1 aliphatic rings. The minimum atomic E-state index is -3.65. The number of amides is 1. The highest BCUT2D eigenvalue weighted by Gasteiger charge is 2.39. The summed E-state index contributed by atoms with van der Waals surface area (Å²) in [6.45, 7) is 0.221. The van der Waals surface area contributed by atoms with Gasteiger partial charge in [-0.2, -0.15) is 11.8 Å². The molecule has 116 valence electrons. The van der Waals surface area contributed by atoms with Gasteiger partial charge in [-0.05, 0) is 18.4 Å². The average Bonchev–Trinajstić information content (AvgIpc) is 2.68. The molecule has 1 fully saturated rings. The first-order valence-corrected chi connectivity index (χ1v) is 9.94. The van der Waals surface area contributed by atoms with Crippen molar-refractivity contribution < 1.29 is 22.7 Å². The number of halogens is 1. The molecule has 1 saturated heterocycles. The summed E-state index contributed by atoms with van der Waals surface area (Å²) < 4.78 is 26.9. The molecule has 0 spiro atoms. The van der Waals surface area contributed by atoms with Crippen LogP contribution in [0.2, 0.25) is 0 Å². The Hall–Kier alpha value is -0.470. The van der Waals surface area contributed by atoms with Crippen LogP contribution in [0.1, 0.15) is 12.8 Å². The lowest BCUT2D eigenvalue weighted by molar-refractivity contribution is -0.151. The van der Waals surface area contributed by atoms with Crippen molar-refractivity contribution in [2.75, 3.05) is 31.4 Å². The van der Waals surface area contributed by atoms with Gasteiger partial charge in [-0.15, -0.1) is 0 Å². The molecular formula is C11H18ClNO5S2. The molecule has 1 rings (SSSR count). The van der Waals surface area contributed by atoms with Gasteiger partial charge in [-0.3, -0.25) is 4.79 Å². The summed E-state index contributed by atoms with van der Waals surface area (Å²) in [6.07, 6.45) is 2.49. The number of esters is 1. The molecule has 0 aliphatic carbocycles. The number of nitrogens with zero attached hydrogens (tertiary/aromatic N) is 1. The van der Waals surface area contributed by atoms with Gasteiger partial charge in [0.2, 0.25) is 15.0 Å². The first kappa shape index (κ1) is 17.6. The normalized spacial score (nSPS) is 21.1. The number of carbonyl (C=O) groups is 2. The molecular weight excluding hydrogens is 326 g/mol. The minimum absolute atomic E-state index is 0.0959. The van der Waals surface area contributed by atoms with E-state index in [1.54, 1.807) is 11.8 Å². The lowest BCUT2D eigenvalue weighted by atomic mass is 10.1. The molecule has 0 aromatic heterocycles. The van der Waals surface area contributed by atoms with Crippen LogP contribution >= 0.6 is 22.4 Å². The number of carbonyl (C=O) groups excluding carboxylic acids is 2. The van der Waals surface area contributed by atoms with Crippen LogP contribution in [0.4, 0.5) is 0 Å². The molecule has 9 heteroatoms. The Balaban J connectivity index is 2.76. The topological polar surface area (TPSA) is 80.8 Å². The molecule has 20 heavy (non-hydrogen) atoms. The van der Waals surface area contributed by atoms with E-state index in [4.69, 9.17) is 15.4 Å². The zero-order chi connectivity index (χ0) is 15.3. The third kappa shape index (κ3) is 5.14. The van der Waals surface area contributed by atoms with E-state index in [0.29, 0.717) is 12.2 Å². The van der Waals surface area contributed by atoms with Crippen molar-refractivity contribution in [1.29, 1.82) is 0 Å². The Morgan fingerprint density at radius 1 is 1.60 bits per heavy atom. The van der Waals surface area contributed by atoms with Crippen molar-refractivity contribution in [2.45, 2.75) is 18.9 Å². The fourth-order valence-corrected chi connectivity index (χ4v) is 4.05. The van der Waals surface area contributed by atoms with Crippen molar-refractivity contribution in [3.8, 4) is 0 Å². The number of thioether (sulfide) groups is 1. The van der Waals surface area contributed by atoms with E-state index in [2.05, 4.69) is 0 Å². The summed E-state index contributed by atoms with van der Waals surface area (Å²) in [5.41, 5.74) is 0. The van der Waals surface area contributed by atoms with E-state index < -0.39 is 21.1 Å². The van der Waals surface area contributed by atoms with Gasteiger partial charge in [0.25, 0.3) is 0 Å². The van der Waals surface area contributed by atoms with E-state index in [1.165, 1.54) is 12.0 Å². The van der Waals surface area contributed by atoms with Gasteiger partial charge in [-0.25, -0.2) is 13.2 Å². The van der Waals surface area contributed by atoms with Crippen molar-refractivity contribution in [3.63, 3.8) is 0 Å². The van der Waals surface area contributed by atoms with Crippen LogP contribution in [0.5, 0.6) is 0 Å². The zero-order valence-electron chi connectivity index (χ0n) is 11.4. The van der Waals surface area contributed by atoms with E-state index in [1.807, 2.05) is 6.26 Å². The van der Waals surface area contributed by atoms with Crippen LogP contribution in [0, 0.1) is 5.92 Å². The highest BCUT2D eigenvalue weighted by molar-refractivity contribution is 8.13. The van der Waals surface area contributed by atoms with Gasteiger partial charge in [-0.1, -0.05) is 0 Å². The standard InChI is InChI=1S/C11H18ClNO5S2/c1-18-11(15)9(3-4-19-2)13-6-8(5-10(13)14)7-20(12,16)17/h8-9H,3-7H2,1-2H3. The molecule has 1 aliphatic heterocycles.